The van der Waals surface area contributed by atoms with Gasteiger partial charge in [-0.3, -0.25) is 0 Å². The minimum atomic E-state index is 0.313. The lowest BCUT2D eigenvalue weighted by Gasteiger charge is -2.33. The molecule has 1 aliphatic rings. The van der Waals surface area contributed by atoms with Crippen molar-refractivity contribution >= 4 is 5.95 Å². The molecule has 1 aliphatic carbocycles. The van der Waals surface area contributed by atoms with E-state index < -0.39 is 0 Å². The van der Waals surface area contributed by atoms with Gasteiger partial charge in [0.25, 0.3) is 5.95 Å². The van der Waals surface area contributed by atoms with Crippen molar-refractivity contribution in [3.05, 3.63) is 65.7 Å². The number of rotatable bonds is 3. The van der Waals surface area contributed by atoms with Crippen LogP contribution in [0.15, 0.2) is 54.6 Å². The highest BCUT2D eigenvalue weighted by Crippen LogP contribution is 2.35. The lowest BCUT2D eigenvalue weighted by atomic mass is 9.87. The fraction of sp³-hybridized carbons (Fsp3) is 0.278. The van der Waals surface area contributed by atoms with Crippen LogP contribution in [0.25, 0.3) is 5.69 Å². The number of fused-ring (bicyclic) bond motifs is 1. The number of anilines is 1. The van der Waals surface area contributed by atoms with Gasteiger partial charge in [0.05, 0.1) is 11.7 Å². The molecule has 1 aromatic heterocycles. The van der Waals surface area contributed by atoms with E-state index in [9.17, 15) is 0 Å². The maximum absolute atomic E-state index is 4.27. The Hall–Kier alpha value is -2.69. The highest BCUT2D eigenvalue weighted by Gasteiger charge is 2.26. The van der Waals surface area contributed by atoms with Gasteiger partial charge in [-0.25, -0.2) is 0 Å². The Morgan fingerprint density at radius 1 is 1.04 bits per heavy atom. The molecule has 0 fully saturated rings. The summed E-state index contributed by atoms with van der Waals surface area (Å²) in [5, 5.41) is 12.3. The first-order chi connectivity index (χ1) is 11.3. The third kappa shape index (κ3) is 2.48. The summed E-state index contributed by atoms with van der Waals surface area (Å²) in [6.45, 7) is 0. The number of hydrogen-bond donors (Lipinski definition) is 0. The second-order valence-electron chi connectivity index (χ2n) is 5.94. The van der Waals surface area contributed by atoms with Crippen molar-refractivity contribution in [3.8, 4) is 5.69 Å². The molecule has 0 spiro atoms. The Balaban J connectivity index is 1.72. The van der Waals surface area contributed by atoms with Crippen LogP contribution in [0.5, 0.6) is 0 Å². The monoisotopic (exact) mass is 305 g/mol. The van der Waals surface area contributed by atoms with Crippen molar-refractivity contribution in [2.24, 2.45) is 0 Å². The third-order valence-electron chi connectivity index (χ3n) is 4.57. The van der Waals surface area contributed by atoms with Crippen molar-refractivity contribution in [2.45, 2.75) is 25.3 Å². The summed E-state index contributed by atoms with van der Waals surface area (Å²) in [6, 6.07) is 19.0. The topological polar surface area (TPSA) is 46.8 Å². The minimum Gasteiger partial charge on any atom is -0.335 e. The standard InChI is InChI=1S/C18H19N5/c1-22(17-13-7-9-14-8-5-6-12-16(14)17)18-19-20-21-23(18)15-10-3-2-4-11-15/h2-6,8,10-12,17H,7,9,13H2,1H3/t17-/m0/s1. The molecular formula is C18H19N5. The van der Waals surface area contributed by atoms with Crippen molar-refractivity contribution < 1.29 is 0 Å². The van der Waals surface area contributed by atoms with Gasteiger partial charge in [0.2, 0.25) is 0 Å². The van der Waals surface area contributed by atoms with Crippen LogP contribution < -0.4 is 4.90 Å². The summed E-state index contributed by atoms with van der Waals surface area (Å²) >= 11 is 0. The Morgan fingerprint density at radius 2 is 1.83 bits per heavy atom. The number of aromatic nitrogens is 4. The van der Waals surface area contributed by atoms with Gasteiger partial charge in [0.1, 0.15) is 0 Å². The number of benzene rings is 2. The lowest BCUT2D eigenvalue weighted by molar-refractivity contribution is 0.534. The summed E-state index contributed by atoms with van der Waals surface area (Å²) in [5.74, 6) is 0.776. The Kier molecular flexibility index (Phi) is 3.54. The highest BCUT2D eigenvalue weighted by atomic mass is 15.6. The van der Waals surface area contributed by atoms with E-state index >= 15 is 0 Å². The molecule has 5 nitrogen and oxygen atoms in total. The van der Waals surface area contributed by atoms with Crippen LogP contribution in [0.1, 0.15) is 30.0 Å². The molecule has 1 heterocycles. The van der Waals surface area contributed by atoms with E-state index in [1.165, 1.54) is 17.5 Å². The number of hydrogen-bond acceptors (Lipinski definition) is 4. The molecule has 0 radical (unpaired) electrons. The number of nitrogens with zero attached hydrogens (tertiary/aromatic N) is 5. The molecule has 1 atom stereocenters. The molecule has 4 rings (SSSR count). The molecular weight excluding hydrogens is 286 g/mol. The number of tetrazole rings is 1. The van der Waals surface area contributed by atoms with Crippen LogP contribution in [0.2, 0.25) is 0 Å². The van der Waals surface area contributed by atoms with Crippen molar-refractivity contribution in [2.75, 3.05) is 11.9 Å². The van der Waals surface area contributed by atoms with Crippen molar-refractivity contribution in [3.63, 3.8) is 0 Å². The Labute approximate surface area is 135 Å². The van der Waals surface area contributed by atoms with Crippen molar-refractivity contribution in [1.82, 2.24) is 20.2 Å². The molecule has 0 unspecified atom stereocenters. The average molecular weight is 305 g/mol. The molecule has 0 N–H and O–H groups in total. The first-order valence-electron chi connectivity index (χ1n) is 7.99. The van der Waals surface area contributed by atoms with Crippen LogP contribution in [0, 0.1) is 0 Å². The summed E-state index contributed by atoms with van der Waals surface area (Å²) in [4.78, 5) is 2.20. The molecule has 0 saturated heterocycles. The van der Waals surface area contributed by atoms with E-state index in [1.807, 2.05) is 30.3 Å². The maximum atomic E-state index is 4.27. The first-order valence-corrected chi connectivity index (χ1v) is 7.99. The smallest absolute Gasteiger partial charge is 0.250 e. The fourth-order valence-corrected chi connectivity index (χ4v) is 3.41. The molecule has 0 aliphatic heterocycles. The van der Waals surface area contributed by atoms with E-state index in [-0.39, 0.29) is 0 Å². The second kappa shape index (κ2) is 5.83. The molecule has 2 aromatic carbocycles. The van der Waals surface area contributed by atoms with Gasteiger partial charge in [-0.2, -0.15) is 4.68 Å². The lowest BCUT2D eigenvalue weighted by Crippen LogP contribution is -2.29. The Morgan fingerprint density at radius 3 is 2.70 bits per heavy atom. The number of aryl methyl sites for hydroxylation is 1. The van der Waals surface area contributed by atoms with Crippen LogP contribution >= 0.6 is 0 Å². The normalized spacial score (nSPS) is 16.8. The average Bonchev–Trinajstić information content (AvgIpc) is 3.11. The molecule has 0 amide bonds. The van der Waals surface area contributed by atoms with Gasteiger partial charge < -0.3 is 4.90 Å². The molecule has 3 aromatic rings. The maximum Gasteiger partial charge on any atom is 0.250 e. The number of para-hydroxylation sites is 1. The van der Waals surface area contributed by atoms with E-state index in [2.05, 4.69) is 51.7 Å². The predicted molar refractivity (Wildman–Crippen MR) is 89.7 cm³/mol. The summed E-state index contributed by atoms with van der Waals surface area (Å²) in [6.07, 6.45) is 3.47. The third-order valence-corrected chi connectivity index (χ3v) is 4.57. The van der Waals surface area contributed by atoms with E-state index in [0.717, 1.165) is 24.5 Å². The van der Waals surface area contributed by atoms with E-state index in [0.29, 0.717) is 6.04 Å². The molecule has 116 valence electrons. The zero-order chi connectivity index (χ0) is 15.6. The minimum absolute atomic E-state index is 0.313. The van der Waals surface area contributed by atoms with Gasteiger partial charge in [-0.15, -0.1) is 0 Å². The van der Waals surface area contributed by atoms with E-state index in [4.69, 9.17) is 0 Å². The zero-order valence-electron chi connectivity index (χ0n) is 13.1. The SMILES string of the molecule is CN(c1nnnn1-c1ccccc1)[C@H]1CCCc2ccccc21. The summed E-state index contributed by atoms with van der Waals surface area (Å²) < 4.78 is 1.80. The molecule has 23 heavy (non-hydrogen) atoms. The fourth-order valence-electron chi connectivity index (χ4n) is 3.41. The van der Waals surface area contributed by atoms with Crippen LogP contribution in [0.4, 0.5) is 5.95 Å². The largest absolute Gasteiger partial charge is 0.335 e. The van der Waals surface area contributed by atoms with Crippen LogP contribution in [-0.2, 0) is 6.42 Å². The summed E-state index contributed by atoms with van der Waals surface area (Å²) in [7, 11) is 2.08. The van der Waals surface area contributed by atoms with E-state index in [1.54, 1.807) is 4.68 Å². The van der Waals surface area contributed by atoms with Gasteiger partial charge in [0.15, 0.2) is 0 Å². The molecule has 5 heteroatoms. The second-order valence-corrected chi connectivity index (χ2v) is 5.94. The quantitative estimate of drug-likeness (QED) is 0.745. The molecule has 0 bridgehead atoms. The van der Waals surface area contributed by atoms with Crippen LogP contribution in [0.3, 0.4) is 0 Å². The molecule has 0 saturated carbocycles. The highest BCUT2D eigenvalue weighted by molar-refractivity contribution is 5.44. The zero-order valence-corrected chi connectivity index (χ0v) is 13.1. The van der Waals surface area contributed by atoms with Gasteiger partial charge in [-0.1, -0.05) is 47.6 Å². The van der Waals surface area contributed by atoms with Crippen LogP contribution in [-0.4, -0.2) is 27.3 Å². The predicted octanol–water partition coefficient (Wildman–Crippen LogP) is 3.18. The van der Waals surface area contributed by atoms with Crippen molar-refractivity contribution in [1.29, 1.82) is 0 Å². The Bertz CT molecular complexity index is 796. The van der Waals surface area contributed by atoms with Gasteiger partial charge in [-0.05, 0) is 52.9 Å². The summed E-state index contributed by atoms with van der Waals surface area (Å²) in [5.41, 5.74) is 3.81. The van der Waals surface area contributed by atoms with Gasteiger partial charge in [0, 0.05) is 7.05 Å². The first kappa shape index (κ1) is 13.9. The van der Waals surface area contributed by atoms with Gasteiger partial charge >= 0.3 is 0 Å².